The van der Waals surface area contributed by atoms with E-state index in [2.05, 4.69) is 13.2 Å². The Labute approximate surface area is 150 Å². The Bertz CT molecular complexity index is 759. The maximum absolute atomic E-state index is 14.0. The Morgan fingerprint density at radius 2 is 1.84 bits per heavy atom. The van der Waals surface area contributed by atoms with Crippen LogP contribution >= 0.6 is 11.6 Å². The molecule has 0 radical (unpaired) electrons. The normalized spacial score (nSPS) is 12.3. The van der Waals surface area contributed by atoms with E-state index < -0.39 is 16.7 Å². The van der Waals surface area contributed by atoms with Crippen molar-refractivity contribution in [2.75, 3.05) is 7.05 Å². The first-order valence-electron chi connectivity index (χ1n) is 7.29. The van der Waals surface area contributed by atoms with Crippen molar-refractivity contribution >= 4 is 29.4 Å². The summed E-state index contributed by atoms with van der Waals surface area (Å²) in [6.45, 7) is 8.59. The van der Waals surface area contributed by atoms with Gasteiger partial charge in [0.15, 0.2) is 0 Å². The maximum atomic E-state index is 14.0. The van der Waals surface area contributed by atoms with Crippen LogP contribution in [0, 0.1) is 11.6 Å². The summed E-state index contributed by atoms with van der Waals surface area (Å²) in [5.74, 6) is -2.24. The summed E-state index contributed by atoms with van der Waals surface area (Å²) < 4.78 is 27.9. The molecule has 1 amide bonds. The third kappa shape index (κ3) is 4.73. The van der Waals surface area contributed by atoms with Gasteiger partial charge in [-0.15, -0.1) is 0 Å². The summed E-state index contributed by atoms with van der Waals surface area (Å²) in [6.07, 6.45) is 4.93. The van der Waals surface area contributed by atoms with Crippen molar-refractivity contribution < 1.29 is 18.4 Å². The van der Waals surface area contributed by atoms with E-state index in [-0.39, 0.29) is 29.2 Å². The molecular weight excluding hydrogens is 348 g/mol. The van der Waals surface area contributed by atoms with E-state index in [1.807, 2.05) is 0 Å². The lowest BCUT2D eigenvalue weighted by Crippen LogP contribution is -2.25. The smallest absolute Gasteiger partial charge is 0.223 e. The molecule has 0 saturated carbocycles. The summed E-state index contributed by atoms with van der Waals surface area (Å²) >= 11 is 5.54. The molecule has 0 aliphatic heterocycles. The third-order valence-corrected chi connectivity index (χ3v) is 3.88. The van der Waals surface area contributed by atoms with E-state index in [1.54, 1.807) is 6.08 Å². The molecule has 0 aromatic heterocycles. The highest BCUT2D eigenvalue weighted by Gasteiger charge is 2.20. The SMILES string of the molecule is C=C/C=C(C=C)/C(=C(/CC=O)N(C)C(C)=O)c1cc(F)c(Cl)c(F)c1. The molecule has 0 atom stereocenters. The van der Waals surface area contributed by atoms with Gasteiger partial charge in [-0.25, -0.2) is 8.78 Å². The van der Waals surface area contributed by atoms with E-state index in [0.29, 0.717) is 11.9 Å². The van der Waals surface area contributed by atoms with Crippen LogP contribution in [0.25, 0.3) is 5.57 Å². The highest BCUT2D eigenvalue weighted by molar-refractivity contribution is 6.30. The van der Waals surface area contributed by atoms with Crippen molar-refractivity contribution in [1.82, 2.24) is 4.90 Å². The molecule has 0 fully saturated rings. The number of halogens is 3. The molecule has 0 saturated heterocycles. The number of hydrogen-bond donors (Lipinski definition) is 0. The monoisotopic (exact) mass is 365 g/mol. The molecule has 1 rings (SSSR count). The van der Waals surface area contributed by atoms with Crippen LogP contribution < -0.4 is 0 Å². The molecule has 132 valence electrons. The average Bonchev–Trinajstić information content (AvgIpc) is 2.57. The topological polar surface area (TPSA) is 37.4 Å². The lowest BCUT2D eigenvalue weighted by Gasteiger charge is -2.23. The number of hydrogen-bond acceptors (Lipinski definition) is 2. The molecular formula is C19H18ClF2NO2. The van der Waals surface area contributed by atoms with Crippen LogP contribution in [0.3, 0.4) is 0 Å². The predicted octanol–water partition coefficient (Wildman–Crippen LogP) is 4.70. The number of rotatable bonds is 7. The summed E-state index contributed by atoms with van der Waals surface area (Å²) in [4.78, 5) is 24.2. The molecule has 0 bridgehead atoms. The van der Waals surface area contributed by atoms with Crippen molar-refractivity contribution in [2.45, 2.75) is 13.3 Å². The zero-order chi connectivity index (χ0) is 19.1. The Kier molecular flexibility index (Phi) is 7.45. The number of amides is 1. The fraction of sp³-hybridized carbons (Fsp3) is 0.158. The Balaban J connectivity index is 3.91. The van der Waals surface area contributed by atoms with Gasteiger partial charge in [0.1, 0.15) is 22.9 Å². The first-order valence-corrected chi connectivity index (χ1v) is 7.67. The summed E-state index contributed by atoms with van der Waals surface area (Å²) in [7, 11) is 1.47. The summed E-state index contributed by atoms with van der Waals surface area (Å²) in [6, 6.07) is 2.08. The molecule has 0 N–H and O–H groups in total. The molecule has 0 aliphatic rings. The highest BCUT2D eigenvalue weighted by atomic mass is 35.5. The zero-order valence-electron chi connectivity index (χ0n) is 14.0. The van der Waals surface area contributed by atoms with E-state index in [9.17, 15) is 18.4 Å². The van der Waals surface area contributed by atoms with Crippen LogP contribution in [0.15, 0.2) is 54.8 Å². The molecule has 0 spiro atoms. The first kappa shape index (κ1) is 20.5. The number of carbonyl (C=O) groups is 2. The van der Waals surface area contributed by atoms with E-state index in [0.717, 1.165) is 12.1 Å². The maximum Gasteiger partial charge on any atom is 0.223 e. The third-order valence-electron chi connectivity index (χ3n) is 3.52. The molecule has 0 aliphatic carbocycles. The van der Waals surface area contributed by atoms with Crippen LogP contribution in [-0.4, -0.2) is 24.1 Å². The Morgan fingerprint density at radius 3 is 2.24 bits per heavy atom. The quantitative estimate of drug-likeness (QED) is 0.399. The minimum absolute atomic E-state index is 0.123. The summed E-state index contributed by atoms with van der Waals surface area (Å²) in [5, 5.41) is -0.632. The van der Waals surface area contributed by atoms with Crippen molar-refractivity contribution in [3.05, 3.63) is 77.0 Å². The van der Waals surface area contributed by atoms with Gasteiger partial charge in [-0.2, -0.15) is 0 Å². The van der Waals surface area contributed by atoms with Gasteiger partial charge in [0.25, 0.3) is 0 Å². The van der Waals surface area contributed by atoms with Crippen LogP contribution in [0.4, 0.5) is 8.78 Å². The van der Waals surface area contributed by atoms with Crippen LogP contribution in [-0.2, 0) is 9.59 Å². The van der Waals surface area contributed by atoms with Gasteiger partial charge in [0.05, 0.1) is 0 Å². The fourth-order valence-corrected chi connectivity index (χ4v) is 2.36. The largest absolute Gasteiger partial charge is 0.318 e. The summed E-state index contributed by atoms with van der Waals surface area (Å²) in [5.41, 5.74) is 1.13. The molecule has 1 aromatic rings. The molecule has 0 unspecified atom stereocenters. The number of nitrogens with zero attached hydrogens (tertiary/aromatic N) is 1. The average molecular weight is 366 g/mol. The molecule has 0 heterocycles. The van der Waals surface area contributed by atoms with Gasteiger partial charge >= 0.3 is 0 Å². The second-order valence-corrected chi connectivity index (χ2v) is 5.46. The van der Waals surface area contributed by atoms with E-state index in [4.69, 9.17) is 11.6 Å². The van der Waals surface area contributed by atoms with Crippen molar-refractivity contribution in [2.24, 2.45) is 0 Å². The molecule has 25 heavy (non-hydrogen) atoms. The van der Waals surface area contributed by atoms with Gasteiger partial charge in [-0.3, -0.25) is 4.79 Å². The lowest BCUT2D eigenvalue weighted by molar-refractivity contribution is -0.125. The minimum Gasteiger partial charge on any atom is -0.318 e. The van der Waals surface area contributed by atoms with Gasteiger partial charge in [-0.05, 0) is 23.3 Å². The minimum atomic E-state index is -0.952. The van der Waals surface area contributed by atoms with Crippen molar-refractivity contribution in [3.8, 4) is 0 Å². The first-order chi connectivity index (χ1) is 11.8. The van der Waals surface area contributed by atoms with Gasteiger partial charge in [0, 0.05) is 31.7 Å². The van der Waals surface area contributed by atoms with Gasteiger partial charge < -0.3 is 9.69 Å². The van der Waals surface area contributed by atoms with E-state index >= 15 is 0 Å². The Hall–Kier alpha value is -2.53. The van der Waals surface area contributed by atoms with Crippen LogP contribution in [0.1, 0.15) is 18.9 Å². The Morgan fingerprint density at radius 1 is 1.28 bits per heavy atom. The molecule has 3 nitrogen and oxygen atoms in total. The van der Waals surface area contributed by atoms with Crippen molar-refractivity contribution in [1.29, 1.82) is 0 Å². The van der Waals surface area contributed by atoms with Gasteiger partial charge in [0.2, 0.25) is 5.91 Å². The second kappa shape index (κ2) is 9.08. The highest BCUT2D eigenvalue weighted by Crippen LogP contribution is 2.33. The second-order valence-electron chi connectivity index (χ2n) is 5.09. The molecule has 1 aromatic carbocycles. The lowest BCUT2D eigenvalue weighted by atomic mass is 9.93. The fourth-order valence-electron chi connectivity index (χ4n) is 2.26. The zero-order valence-corrected chi connectivity index (χ0v) is 14.7. The number of allylic oxidation sites excluding steroid dienone is 6. The van der Waals surface area contributed by atoms with Gasteiger partial charge in [-0.1, -0.05) is 43.0 Å². The molecule has 6 heteroatoms. The van der Waals surface area contributed by atoms with Crippen molar-refractivity contribution in [3.63, 3.8) is 0 Å². The predicted molar refractivity (Wildman–Crippen MR) is 95.9 cm³/mol. The number of aldehydes is 1. The van der Waals surface area contributed by atoms with E-state index in [1.165, 1.54) is 31.0 Å². The number of carbonyl (C=O) groups excluding carboxylic acids is 2. The number of benzene rings is 1. The van der Waals surface area contributed by atoms with Crippen LogP contribution in [0.5, 0.6) is 0 Å². The van der Waals surface area contributed by atoms with Crippen LogP contribution in [0.2, 0.25) is 5.02 Å². The standard InChI is InChI=1S/C19H18ClF2NO2/c1-5-7-13(6-2)18(17(8-9-24)23(4)12(3)25)14-10-15(21)19(20)16(22)11-14/h5-7,9-11H,1-2,8H2,3-4H3/b13-7+,18-17+.